The van der Waals surface area contributed by atoms with Crippen LogP contribution in [0, 0.1) is 5.92 Å². The number of nitrogens with one attached hydrogen (secondary N) is 2. The molecule has 1 aliphatic rings. The number of carboxylic acids is 2. The highest BCUT2D eigenvalue weighted by molar-refractivity contribution is 5.95. The lowest BCUT2D eigenvalue weighted by Crippen LogP contribution is -2.58. The third kappa shape index (κ3) is 8.61. The van der Waals surface area contributed by atoms with Crippen LogP contribution in [-0.2, 0) is 24.0 Å². The molecule has 0 spiro atoms. The Kier molecular flexibility index (Phi) is 11.8. The molecule has 5 atom stereocenters. The number of carbonyl (C=O) groups excluding carboxylic acids is 3. The molecule has 1 rings (SSSR count). The Morgan fingerprint density at radius 2 is 1.70 bits per heavy atom. The zero-order valence-corrected chi connectivity index (χ0v) is 19.3. The van der Waals surface area contributed by atoms with Crippen molar-refractivity contribution in [3.8, 4) is 0 Å². The first kappa shape index (κ1) is 28.3. The predicted molar refractivity (Wildman–Crippen MR) is 119 cm³/mol. The third-order valence-corrected chi connectivity index (χ3v) is 5.95. The highest BCUT2D eigenvalue weighted by Gasteiger charge is 2.39. The summed E-state index contributed by atoms with van der Waals surface area (Å²) in [6.07, 6.45) is 1.98. The topological polar surface area (TPSA) is 205 Å². The molecular weight excluding hydrogens is 434 g/mol. The number of aliphatic carboxylic acids is 2. The molecule has 3 amide bonds. The number of nitrogens with zero attached hydrogens (tertiary/aromatic N) is 1. The van der Waals surface area contributed by atoms with Gasteiger partial charge in [-0.25, -0.2) is 4.79 Å². The molecule has 1 aliphatic heterocycles. The summed E-state index contributed by atoms with van der Waals surface area (Å²) in [6, 6.07) is -4.42. The summed E-state index contributed by atoms with van der Waals surface area (Å²) < 4.78 is 0. The molecule has 33 heavy (non-hydrogen) atoms. The Hall–Kier alpha value is -2.73. The van der Waals surface area contributed by atoms with Crippen LogP contribution in [0.4, 0.5) is 0 Å². The van der Waals surface area contributed by atoms with Crippen LogP contribution < -0.4 is 22.1 Å². The maximum Gasteiger partial charge on any atom is 0.326 e. The minimum atomic E-state index is -1.47. The molecule has 1 heterocycles. The van der Waals surface area contributed by atoms with E-state index in [9.17, 15) is 34.2 Å². The number of amides is 3. The number of hydrogen-bond donors (Lipinski definition) is 6. The first-order valence-corrected chi connectivity index (χ1v) is 11.3. The molecule has 0 radical (unpaired) electrons. The summed E-state index contributed by atoms with van der Waals surface area (Å²) in [5.74, 6) is -4.68. The first-order valence-electron chi connectivity index (χ1n) is 11.3. The first-order chi connectivity index (χ1) is 15.5. The number of likely N-dealkylation sites (tertiary alicyclic amines) is 1. The summed E-state index contributed by atoms with van der Waals surface area (Å²) in [4.78, 5) is 62.3. The van der Waals surface area contributed by atoms with E-state index < -0.39 is 60.2 Å². The van der Waals surface area contributed by atoms with Gasteiger partial charge < -0.3 is 37.2 Å². The smallest absolute Gasteiger partial charge is 0.326 e. The number of carbonyl (C=O) groups is 5. The van der Waals surface area contributed by atoms with Gasteiger partial charge in [-0.3, -0.25) is 19.2 Å². The van der Waals surface area contributed by atoms with Gasteiger partial charge in [0.1, 0.15) is 18.1 Å². The van der Waals surface area contributed by atoms with Crippen molar-refractivity contribution >= 4 is 29.7 Å². The van der Waals surface area contributed by atoms with E-state index in [1.165, 1.54) is 0 Å². The fourth-order valence-corrected chi connectivity index (χ4v) is 3.68. The lowest BCUT2D eigenvalue weighted by Gasteiger charge is -2.28. The van der Waals surface area contributed by atoms with Gasteiger partial charge in [0.05, 0.1) is 12.5 Å². The fourth-order valence-electron chi connectivity index (χ4n) is 3.68. The Morgan fingerprint density at radius 1 is 1.06 bits per heavy atom. The molecule has 0 aromatic rings. The molecule has 0 aromatic carbocycles. The minimum absolute atomic E-state index is 0.123. The zero-order chi connectivity index (χ0) is 25.1. The van der Waals surface area contributed by atoms with Crippen molar-refractivity contribution in [2.45, 2.75) is 83.0 Å². The normalized spacial score (nSPS) is 19.3. The number of nitrogens with two attached hydrogens (primary N) is 2. The standard InChI is InChI=1S/C21H37N5O7/c1-3-12(2)17(23)19(30)24-13(7-4-5-9-22)18(29)25-14(11-16(27)28)20(31)26-10-6-8-15(26)21(32)33/h12-15,17H,3-11,22-23H2,1-2H3,(H,24,30)(H,25,29)(H,27,28)(H,32,33). The molecule has 188 valence electrons. The lowest BCUT2D eigenvalue weighted by atomic mass is 9.98. The van der Waals surface area contributed by atoms with E-state index in [1.807, 2.05) is 13.8 Å². The van der Waals surface area contributed by atoms with E-state index in [2.05, 4.69) is 10.6 Å². The van der Waals surface area contributed by atoms with Gasteiger partial charge in [-0.1, -0.05) is 20.3 Å². The van der Waals surface area contributed by atoms with Crippen molar-refractivity contribution < 1.29 is 34.2 Å². The Morgan fingerprint density at radius 3 is 2.24 bits per heavy atom. The highest BCUT2D eigenvalue weighted by atomic mass is 16.4. The van der Waals surface area contributed by atoms with E-state index >= 15 is 0 Å². The molecule has 5 unspecified atom stereocenters. The van der Waals surface area contributed by atoms with E-state index in [0.717, 1.165) is 4.90 Å². The van der Waals surface area contributed by atoms with Gasteiger partial charge in [-0.05, 0) is 44.6 Å². The van der Waals surface area contributed by atoms with Gasteiger partial charge in [-0.2, -0.15) is 0 Å². The van der Waals surface area contributed by atoms with Crippen molar-refractivity contribution in [3.05, 3.63) is 0 Å². The van der Waals surface area contributed by atoms with Crippen LogP contribution >= 0.6 is 0 Å². The Balaban J connectivity index is 3.01. The number of unbranched alkanes of at least 4 members (excludes halogenated alkanes) is 1. The van der Waals surface area contributed by atoms with Crippen LogP contribution in [0.2, 0.25) is 0 Å². The van der Waals surface area contributed by atoms with Crippen molar-refractivity contribution in [2.24, 2.45) is 17.4 Å². The van der Waals surface area contributed by atoms with Crippen molar-refractivity contribution in [2.75, 3.05) is 13.1 Å². The molecule has 0 saturated carbocycles. The fraction of sp³-hybridized carbons (Fsp3) is 0.762. The van der Waals surface area contributed by atoms with E-state index in [0.29, 0.717) is 32.2 Å². The maximum atomic E-state index is 13.0. The van der Waals surface area contributed by atoms with Crippen LogP contribution in [0.15, 0.2) is 0 Å². The second-order valence-electron chi connectivity index (χ2n) is 8.44. The van der Waals surface area contributed by atoms with Gasteiger partial charge in [0.2, 0.25) is 17.7 Å². The summed E-state index contributed by atoms with van der Waals surface area (Å²) in [7, 11) is 0. The van der Waals surface area contributed by atoms with Crippen LogP contribution in [-0.4, -0.2) is 82.0 Å². The van der Waals surface area contributed by atoms with Gasteiger partial charge in [0.25, 0.3) is 0 Å². The monoisotopic (exact) mass is 471 g/mol. The SMILES string of the molecule is CCC(C)C(N)C(=O)NC(CCCCN)C(=O)NC(CC(=O)O)C(=O)N1CCCC1C(=O)O. The van der Waals surface area contributed by atoms with E-state index in [1.54, 1.807) is 0 Å². The Bertz CT molecular complexity index is 717. The van der Waals surface area contributed by atoms with Gasteiger partial charge >= 0.3 is 11.9 Å². The molecule has 1 fully saturated rings. The number of rotatable bonds is 14. The number of carboxylic acid groups (broad SMARTS) is 2. The van der Waals surface area contributed by atoms with Crippen LogP contribution in [0.1, 0.15) is 58.8 Å². The molecule has 0 bridgehead atoms. The highest BCUT2D eigenvalue weighted by Crippen LogP contribution is 2.19. The molecule has 12 nitrogen and oxygen atoms in total. The largest absolute Gasteiger partial charge is 0.481 e. The van der Waals surface area contributed by atoms with Crippen LogP contribution in [0.5, 0.6) is 0 Å². The molecule has 0 aromatic heterocycles. The second kappa shape index (κ2) is 13.7. The number of hydrogen-bond acceptors (Lipinski definition) is 7. The quantitative estimate of drug-likeness (QED) is 0.172. The predicted octanol–water partition coefficient (Wildman–Crippen LogP) is -0.991. The van der Waals surface area contributed by atoms with Crippen molar-refractivity contribution in [1.82, 2.24) is 15.5 Å². The average Bonchev–Trinajstić information content (AvgIpc) is 3.26. The summed E-state index contributed by atoms with van der Waals surface area (Å²) >= 11 is 0. The van der Waals surface area contributed by atoms with Crippen LogP contribution in [0.3, 0.4) is 0 Å². The van der Waals surface area contributed by atoms with Gasteiger partial charge in [0, 0.05) is 6.54 Å². The maximum absolute atomic E-state index is 13.0. The molecule has 1 saturated heterocycles. The minimum Gasteiger partial charge on any atom is -0.481 e. The average molecular weight is 472 g/mol. The molecular formula is C21H37N5O7. The molecule has 0 aliphatic carbocycles. The lowest BCUT2D eigenvalue weighted by molar-refractivity contribution is -0.150. The van der Waals surface area contributed by atoms with Gasteiger partial charge in [-0.15, -0.1) is 0 Å². The summed E-state index contributed by atoms with van der Waals surface area (Å²) in [5.41, 5.74) is 11.5. The summed E-state index contributed by atoms with van der Waals surface area (Å²) in [5, 5.41) is 23.6. The zero-order valence-electron chi connectivity index (χ0n) is 19.3. The molecule has 12 heteroatoms. The van der Waals surface area contributed by atoms with Crippen molar-refractivity contribution in [3.63, 3.8) is 0 Å². The van der Waals surface area contributed by atoms with Crippen molar-refractivity contribution in [1.29, 1.82) is 0 Å². The third-order valence-electron chi connectivity index (χ3n) is 5.95. The Labute approximate surface area is 193 Å². The van der Waals surface area contributed by atoms with E-state index in [4.69, 9.17) is 11.5 Å². The molecule has 8 N–H and O–H groups in total. The second-order valence-corrected chi connectivity index (χ2v) is 8.44. The summed E-state index contributed by atoms with van der Waals surface area (Å²) in [6.45, 7) is 4.24. The van der Waals surface area contributed by atoms with Gasteiger partial charge in [0.15, 0.2) is 0 Å². The van der Waals surface area contributed by atoms with E-state index in [-0.39, 0.29) is 25.3 Å². The van der Waals surface area contributed by atoms with Crippen LogP contribution in [0.25, 0.3) is 0 Å².